The van der Waals surface area contributed by atoms with Crippen molar-refractivity contribution in [3.8, 4) is 0 Å². The highest BCUT2D eigenvalue weighted by Gasteiger charge is 2.55. The molecular weight excluding hydrogens is 393 g/mol. The zero-order valence-corrected chi connectivity index (χ0v) is 15.4. The number of halogens is 2. The van der Waals surface area contributed by atoms with E-state index in [1.54, 1.807) is 24.3 Å². The maximum absolute atomic E-state index is 14.6. The molecule has 1 aromatic rings. The summed E-state index contributed by atoms with van der Waals surface area (Å²) in [5, 5.41) is 32.1. The van der Waals surface area contributed by atoms with Gasteiger partial charge in [-0.3, -0.25) is 9.89 Å². The third-order valence-electron chi connectivity index (χ3n) is 5.44. The number of nitrogens with zero attached hydrogens (tertiary/aromatic N) is 3. The van der Waals surface area contributed by atoms with E-state index >= 15 is 0 Å². The van der Waals surface area contributed by atoms with Gasteiger partial charge in [0.1, 0.15) is 55.2 Å². The molecule has 6 N–H and O–H groups in total. The maximum Gasteiger partial charge on any atom is 0.141 e. The number of hydrogen-bond acceptors (Lipinski definition) is 9. The summed E-state index contributed by atoms with van der Waals surface area (Å²) in [7, 11) is 0. The van der Waals surface area contributed by atoms with E-state index in [0.717, 1.165) is 0 Å². The number of aliphatic hydroxyl groups excluding tert-OH is 3. The molecular formula is C17H21ClFN5O4. The van der Waals surface area contributed by atoms with E-state index in [2.05, 4.69) is 15.4 Å². The van der Waals surface area contributed by atoms with E-state index in [-0.39, 0.29) is 12.4 Å². The minimum Gasteiger partial charge on any atom is -0.387 e. The molecule has 4 rings (SSSR count). The largest absolute Gasteiger partial charge is 0.387 e. The number of nitrogens with one attached hydrogen (secondary N) is 1. The van der Waals surface area contributed by atoms with Gasteiger partial charge in [0.25, 0.3) is 0 Å². The topological polar surface area (TPSA) is 136 Å². The lowest BCUT2D eigenvalue weighted by Crippen LogP contribution is -2.50. The van der Waals surface area contributed by atoms with Gasteiger partial charge in [-0.15, -0.1) is 0 Å². The minimum absolute atomic E-state index is 0.0917. The van der Waals surface area contributed by atoms with Crippen LogP contribution in [0.2, 0.25) is 5.02 Å². The number of rotatable bonds is 3. The van der Waals surface area contributed by atoms with Crippen molar-refractivity contribution >= 4 is 23.8 Å². The second-order valence-electron chi connectivity index (χ2n) is 7.04. The van der Waals surface area contributed by atoms with Gasteiger partial charge in [-0.1, -0.05) is 23.7 Å². The Labute approximate surface area is 165 Å². The molecule has 9 nitrogen and oxygen atoms in total. The van der Waals surface area contributed by atoms with Crippen LogP contribution in [-0.4, -0.2) is 75.8 Å². The summed E-state index contributed by atoms with van der Waals surface area (Å²) in [4.78, 5) is 9.65. The lowest BCUT2D eigenvalue weighted by Gasteiger charge is -2.32. The Kier molecular flexibility index (Phi) is 5.36. The van der Waals surface area contributed by atoms with Gasteiger partial charge in [-0.25, -0.2) is 15.2 Å². The average molecular weight is 414 g/mol. The van der Waals surface area contributed by atoms with Crippen LogP contribution < -0.4 is 11.3 Å². The molecule has 8 atom stereocenters. The molecule has 3 heterocycles. The van der Waals surface area contributed by atoms with Crippen molar-refractivity contribution in [2.75, 3.05) is 6.54 Å². The molecule has 11 heteroatoms. The Morgan fingerprint density at radius 1 is 1.29 bits per heavy atom. The van der Waals surface area contributed by atoms with Gasteiger partial charge in [-0.2, -0.15) is 0 Å². The number of likely N-dealkylation sites (tertiary alicyclic amines) is 1. The number of nitrogens with two attached hydrogens (primary N) is 1. The van der Waals surface area contributed by atoms with Crippen molar-refractivity contribution in [2.24, 2.45) is 21.7 Å². The van der Waals surface area contributed by atoms with Crippen LogP contribution in [0.5, 0.6) is 0 Å². The van der Waals surface area contributed by atoms with Crippen LogP contribution in [0.15, 0.2) is 34.3 Å². The van der Waals surface area contributed by atoms with Gasteiger partial charge in [0.15, 0.2) is 0 Å². The molecule has 0 aromatic heterocycles. The molecule has 28 heavy (non-hydrogen) atoms. The number of benzene rings is 1. The Morgan fingerprint density at radius 2 is 2.00 bits per heavy atom. The first-order valence-electron chi connectivity index (χ1n) is 8.83. The van der Waals surface area contributed by atoms with E-state index in [1.807, 2.05) is 0 Å². The molecule has 3 aliphatic heterocycles. The summed E-state index contributed by atoms with van der Waals surface area (Å²) in [5.41, 5.74) is 2.85. The van der Waals surface area contributed by atoms with Crippen molar-refractivity contribution in [3.63, 3.8) is 0 Å². The van der Waals surface area contributed by atoms with Crippen LogP contribution in [-0.2, 0) is 4.74 Å². The number of fused-ring (bicyclic) bond motifs is 1. The molecule has 3 aliphatic rings. The summed E-state index contributed by atoms with van der Waals surface area (Å²) >= 11 is 5.86. The molecule has 152 valence electrons. The highest BCUT2D eigenvalue weighted by atomic mass is 35.5. The summed E-state index contributed by atoms with van der Waals surface area (Å²) in [6.45, 7) is -0.0917. The van der Waals surface area contributed by atoms with Gasteiger partial charge in [0, 0.05) is 11.6 Å². The van der Waals surface area contributed by atoms with Gasteiger partial charge in [0.05, 0.1) is 5.92 Å². The SMILES string of the molecule is NNC1=NC=NC2C1C(F)CN2[C@@H]1O[C@H]([C@H](O)c2ccc(Cl)cc2)[C@@H](O)[C@H]1O. The van der Waals surface area contributed by atoms with E-state index in [9.17, 15) is 19.7 Å². The second-order valence-corrected chi connectivity index (χ2v) is 7.48. The zero-order valence-electron chi connectivity index (χ0n) is 14.6. The fourth-order valence-electron chi connectivity index (χ4n) is 4.01. The fraction of sp³-hybridized carbons (Fsp3) is 0.529. The monoisotopic (exact) mass is 413 g/mol. The molecule has 1 aromatic carbocycles. The van der Waals surface area contributed by atoms with Crippen LogP contribution in [0.1, 0.15) is 11.7 Å². The lowest BCUT2D eigenvalue weighted by molar-refractivity contribution is -0.121. The predicted octanol–water partition coefficient (Wildman–Crippen LogP) is -0.680. The molecule has 2 fully saturated rings. The Morgan fingerprint density at radius 3 is 2.68 bits per heavy atom. The maximum atomic E-state index is 14.6. The van der Waals surface area contributed by atoms with E-state index in [4.69, 9.17) is 22.2 Å². The highest BCUT2D eigenvalue weighted by molar-refractivity contribution is 6.30. The summed E-state index contributed by atoms with van der Waals surface area (Å²) in [5.74, 6) is 4.93. The van der Waals surface area contributed by atoms with Crippen LogP contribution >= 0.6 is 11.6 Å². The summed E-state index contributed by atoms with van der Waals surface area (Å²) < 4.78 is 20.4. The third-order valence-corrected chi connectivity index (χ3v) is 5.69. The molecule has 0 radical (unpaired) electrons. The second kappa shape index (κ2) is 7.64. The number of aliphatic imine (C=N–C) groups is 2. The highest BCUT2D eigenvalue weighted by Crippen LogP contribution is 2.39. The van der Waals surface area contributed by atoms with E-state index in [1.165, 1.54) is 11.2 Å². The quantitative estimate of drug-likeness (QED) is 0.327. The van der Waals surface area contributed by atoms with Crippen LogP contribution in [0.4, 0.5) is 4.39 Å². The van der Waals surface area contributed by atoms with Crippen molar-refractivity contribution in [1.82, 2.24) is 10.3 Å². The Bertz CT molecular complexity index is 781. The zero-order chi connectivity index (χ0) is 20.0. The first kappa shape index (κ1) is 19.6. The normalized spacial score (nSPS) is 38.9. The summed E-state index contributed by atoms with van der Waals surface area (Å²) in [6, 6.07) is 6.41. The molecule has 3 unspecified atom stereocenters. The van der Waals surface area contributed by atoms with Crippen molar-refractivity contribution in [3.05, 3.63) is 34.9 Å². The van der Waals surface area contributed by atoms with Crippen LogP contribution in [0, 0.1) is 5.92 Å². The smallest absolute Gasteiger partial charge is 0.141 e. The molecule has 0 saturated carbocycles. The van der Waals surface area contributed by atoms with Crippen molar-refractivity contribution in [1.29, 1.82) is 0 Å². The van der Waals surface area contributed by atoms with Gasteiger partial charge >= 0.3 is 0 Å². The van der Waals surface area contributed by atoms with Crippen LogP contribution in [0.3, 0.4) is 0 Å². The molecule has 0 aliphatic carbocycles. The standard InChI is InChI=1S/C17H21ClFN5O4/c18-8-3-1-7(2-4-8)11(25)14-12(26)13(27)17(28-14)24-5-9(19)10-15(23-20)21-6-22-16(10)24/h1-4,6,9-14,16-17,25-27H,5,20H2,(H,21,22,23)/t9?,10?,11-,12+,13-,14-,16?,17-/m1/s1. The van der Waals surface area contributed by atoms with E-state index in [0.29, 0.717) is 10.6 Å². The number of hydrogen-bond donors (Lipinski definition) is 5. The predicted molar refractivity (Wildman–Crippen MR) is 99.2 cm³/mol. The number of amidine groups is 1. The molecule has 2 saturated heterocycles. The first-order valence-corrected chi connectivity index (χ1v) is 9.21. The summed E-state index contributed by atoms with van der Waals surface area (Å²) in [6.07, 6.45) is -6.87. The number of ether oxygens (including phenoxy) is 1. The minimum atomic E-state index is -1.37. The first-order chi connectivity index (χ1) is 13.4. The fourth-order valence-corrected chi connectivity index (χ4v) is 4.14. The molecule has 0 spiro atoms. The number of alkyl halides is 1. The molecule has 0 amide bonds. The van der Waals surface area contributed by atoms with Gasteiger partial charge < -0.3 is 25.5 Å². The van der Waals surface area contributed by atoms with Gasteiger partial charge in [-0.05, 0) is 17.7 Å². The van der Waals surface area contributed by atoms with Gasteiger partial charge in [0.2, 0.25) is 0 Å². The molecule has 0 bridgehead atoms. The third kappa shape index (κ3) is 3.20. The Hall–Kier alpha value is -1.66. The number of hydrazine groups is 1. The van der Waals surface area contributed by atoms with Crippen LogP contribution in [0.25, 0.3) is 0 Å². The van der Waals surface area contributed by atoms with Crippen molar-refractivity contribution in [2.45, 2.75) is 43.0 Å². The van der Waals surface area contributed by atoms with E-state index < -0.39 is 48.9 Å². The number of aliphatic hydroxyl groups is 3. The lowest BCUT2D eigenvalue weighted by atomic mass is 9.99. The Balaban J connectivity index is 1.54. The average Bonchev–Trinajstić information content (AvgIpc) is 3.19. The van der Waals surface area contributed by atoms with Crippen molar-refractivity contribution < 1.29 is 24.4 Å².